The quantitative estimate of drug-likeness (QED) is 0.714. The van der Waals surface area contributed by atoms with Gasteiger partial charge in [-0.25, -0.2) is 28.0 Å². The lowest BCUT2D eigenvalue weighted by molar-refractivity contribution is -0.0376. The molecule has 2 aromatic rings. The van der Waals surface area contributed by atoms with E-state index >= 15 is 0 Å². The van der Waals surface area contributed by atoms with Crippen molar-refractivity contribution in [2.75, 3.05) is 4.90 Å². The summed E-state index contributed by atoms with van der Waals surface area (Å²) in [4.78, 5) is 33.2. The molecule has 2 fully saturated rings. The summed E-state index contributed by atoms with van der Waals surface area (Å²) >= 11 is 0. The lowest BCUT2D eigenvalue weighted by Crippen LogP contribution is -2.47. The first-order valence-electron chi connectivity index (χ1n) is 10.0. The lowest BCUT2D eigenvalue weighted by Gasteiger charge is -2.35. The maximum atomic E-state index is 13.6. The predicted molar refractivity (Wildman–Crippen MR) is 105 cm³/mol. The largest absolute Gasteiger partial charge is 0.443 e. The van der Waals surface area contributed by atoms with Crippen LogP contribution in [-0.4, -0.2) is 43.8 Å². The maximum absolute atomic E-state index is 13.6. The van der Waals surface area contributed by atoms with E-state index in [0.29, 0.717) is 5.92 Å². The Morgan fingerprint density at radius 2 is 1.90 bits per heavy atom. The molecule has 31 heavy (non-hydrogen) atoms. The molecule has 166 valence electrons. The van der Waals surface area contributed by atoms with E-state index < -0.39 is 24.1 Å². The number of amides is 3. The molecule has 0 atom stereocenters. The Balaban J connectivity index is 1.68. The van der Waals surface area contributed by atoms with Gasteiger partial charge < -0.3 is 16.2 Å². The van der Waals surface area contributed by atoms with Crippen LogP contribution in [0, 0.1) is 0 Å². The fourth-order valence-corrected chi connectivity index (χ4v) is 3.72. The molecule has 4 N–H and O–H groups in total. The Labute approximate surface area is 176 Å². The van der Waals surface area contributed by atoms with Crippen LogP contribution in [0.4, 0.5) is 24.2 Å². The van der Waals surface area contributed by atoms with Gasteiger partial charge in [0.15, 0.2) is 0 Å². The minimum absolute atomic E-state index is 0.0794. The first-order valence-corrected chi connectivity index (χ1v) is 10.0. The number of aromatic nitrogens is 4. The van der Waals surface area contributed by atoms with Crippen molar-refractivity contribution < 1.29 is 23.1 Å². The van der Waals surface area contributed by atoms with Crippen molar-refractivity contribution in [1.82, 2.24) is 19.7 Å². The highest BCUT2D eigenvalue weighted by atomic mass is 19.3. The first-order chi connectivity index (χ1) is 14.7. The molecule has 10 nitrogen and oxygen atoms in total. The average molecular weight is 435 g/mol. The van der Waals surface area contributed by atoms with Crippen molar-refractivity contribution in [1.29, 1.82) is 0 Å². The maximum Gasteiger partial charge on any atom is 0.404 e. The zero-order chi connectivity index (χ0) is 22.2. The van der Waals surface area contributed by atoms with Crippen molar-refractivity contribution in [3.8, 4) is 5.95 Å². The standard InChI is InChI=1S/C19H23F2N7O3/c20-19(21)6-3-13(4-7-19)28(16(22)29)15-9-12(10-31-17(23)30)24-18(25-15)27-8-5-14(26-27)11-1-2-11/h5,8-9,11,13H,1-4,6-7,10H2,(H2,22,29)(H2,23,30). The van der Waals surface area contributed by atoms with E-state index in [-0.39, 0.29) is 49.8 Å². The van der Waals surface area contributed by atoms with Gasteiger partial charge in [0.2, 0.25) is 5.92 Å². The number of nitrogens with zero attached hydrogens (tertiary/aromatic N) is 5. The lowest BCUT2D eigenvalue weighted by atomic mass is 9.91. The molecule has 2 aliphatic rings. The summed E-state index contributed by atoms with van der Waals surface area (Å²) in [6.07, 6.45) is 2.31. The summed E-state index contributed by atoms with van der Waals surface area (Å²) in [5, 5.41) is 4.48. The van der Waals surface area contributed by atoms with Crippen LogP contribution >= 0.6 is 0 Å². The third kappa shape index (κ3) is 4.89. The SMILES string of the molecule is NC(=O)OCc1cc(N(C(N)=O)C2CCC(F)(F)CC2)nc(-n2ccc(C3CC3)n2)n1. The van der Waals surface area contributed by atoms with Gasteiger partial charge >= 0.3 is 12.1 Å². The Bertz CT molecular complexity index is 983. The third-order valence-corrected chi connectivity index (χ3v) is 5.46. The molecule has 0 saturated heterocycles. The molecule has 2 aromatic heterocycles. The third-order valence-electron chi connectivity index (χ3n) is 5.46. The summed E-state index contributed by atoms with van der Waals surface area (Å²) in [5.74, 6) is -2.09. The molecule has 2 saturated carbocycles. The number of hydrogen-bond donors (Lipinski definition) is 2. The second-order valence-electron chi connectivity index (χ2n) is 7.88. The number of rotatable bonds is 6. The van der Waals surface area contributed by atoms with E-state index in [2.05, 4.69) is 15.1 Å². The smallest absolute Gasteiger partial charge is 0.404 e. The normalized spacial score (nSPS) is 18.5. The van der Waals surface area contributed by atoms with Crippen LogP contribution in [0.2, 0.25) is 0 Å². The van der Waals surface area contributed by atoms with Crippen LogP contribution in [0.15, 0.2) is 18.3 Å². The van der Waals surface area contributed by atoms with Crippen LogP contribution < -0.4 is 16.4 Å². The molecule has 3 amide bonds. The van der Waals surface area contributed by atoms with Crippen LogP contribution in [0.3, 0.4) is 0 Å². The zero-order valence-electron chi connectivity index (χ0n) is 16.7. The van der Waals surface area contributed by atoms with Gasteiger partial charge in [-0.3, -0.25) is 4.90 Å². The van der Waals surface area contributed by atoms with Gasteiger partial charge in [-0.15, -0.1) is 0 Å². The fourth-order valence-electron chi connectivity index (χ4n) is 3.72. The molecular formula is C19H23F2N7O3. The Hall–Kier alpha value is -3.31. The molecule has 4 rings (SSSR count). The number of anilines is 1. The molecule has 2 aliphatic carbocycles. The number of primary amides is 2. The van der Waals surface area contributed by atoms with Gasteiger partial charge in [-0.2, -0.15) is 10.1 Å². The number of carbonyl (C=O) groups is 2. The number of alkyl halides is 2. The molecule has 12 heteroatoms. The summed E-state index contributed by atoms with van der Waals surface area (Å²) in [6.45, 7) is -0.260. The van der Waals surface area contributed by atoms with Gasteiger partial charge in [0.1, 0.15) is 12.4 Å². The summed E-state index contributed by atoms with van der Waals surface area (Å²) in [6, 6.07) is 1.93. The van der Waals surface area contributed by atoms with E-state index in [1.54, 1.807) is 6.20 Å². The van der Waals surface area contributed by atoms with Crippen molar-refractivity contribution in [3.05, 3.63) is 29.7 Å². The number of urea groups is 1. The number of halogens is 2. The van der Waals surface area contributed by atoms with Crippen molar-refractivity contribution in [2.45, 2.75) is 63.0 Å². The number of nitrogens with two attached hydrogens (primary N) is 2. The monoisotopic (exact) mass is 435 g/mol. The first kappa shape index (κ1) is 20.9. The van der Waals surface area contributed by atoms with Gasteiger partial charge in [-0.1, -0.05) is 0 Å². The molecule has 0 bridgehead atoms. The number of hydrogen-bond acceptors (Lipinski definition) is 6. The summed E-state index contributed by atoms with van der Waals surface area (Å²) in [7, 11) is 0. The highest BCUT2D eigenvalue weighted by molar-refractivity contribution is 5.90. The second-order valence-corrected chi connectivity index (χ2v) is 7.88. The number of carbonyl (C=O) groups excluding carboxylic acids is 2. The van der Waals surface area contributed by atoms with Crippen LogP contribution in [0.5, 0.6) is 0 Å². The molecule has 0 aliphatic heterocycles. The minimum Gasteiger partial charge on any atom is -0.443 e. The van der Waals surface area contributed by atoms with Crippen molar-refractivity contribution in [2.24, 2.45) is 11.5 Å². The Kier molecular flexibility index (Phi) is 5.46. The topological polar surface area (TPSA) is 142 Å². The van der Waals surface area contributed by atoms with Crippen LogP contribution in [-0.2, 0) is 11.3 Å². The van der Waals surface area contributed by atoms with Crippen molar-refractivity contribution >= 4 is 17.9 Å². The fraction of sp³-hybridized carbons (Fsp3) is 0.526. The molecule has 0 spiro atoms. The highest BCUT2D eigenvalue weighted by Gasteiger charge is 2.39. The van der Waals surface area contributed by atoms with Gasteiger partial charge in [0.05, 0.1) is 11.4 Å². The Morgan fingerprint density at radius 3 is 2.52 bits per heavy atom. The highest BCUT2D eigenvalue weighted by Crippen LogP contribution is 2.39. The van der Waals surface area contributed by atoms with E-state index in [1.807, 2.05) is 6.07 Å². The minimum atomic E-state index is -2.76. The van der Waals surface area contributed by atoms with Gasteiger partial charge in [0, 0.05) is 37.1 Å². The zero-order valence-corrected chi connectivity index (χ0v) is 16.7. The predicted octanol–water partition coefficient (Wildman–Crippen LogP) is 2.60. The Morgan fingerprint density at radius 1 is 1.19 bits per heavy atom. The van der Waals surface area contributed by atoms with Gasteiger partial charge in [0.25, 0.3) is 5.95 Å². The van der Waals surface area contributed by atoms with Crippen LogP contribution in [0.25, 0.3) is 5.95 Å². The number of ether oxygens (including phenoxy) is 1. The van der Waals surface area contributed by atoms with Crippen LogP contribution in [0.1, 0.15) is 55.8 Å². The molecule has 0 unspecified atom stereocenters. The molecule has 2 heterocycles. The molecule has 0 aromatic carbocycles. The van der Waals surface area contributed by atoms with E-state index in [0.717, 1.165) is 18.5 Å². The van der Waals surface area contributed by atoms with E-state index in [9.17, 15) is 18.4 Å². The second kappa shape index (κ2) is 8.08. The van der Waals surface area contributed by atoms with E-state index in [1.165, 1.54) is 15.6 Å². The summed E-state index contributed by atoms with van der Waals surface area (Å²) in [5.41, 5.74) is 11.8. The van der Waals surface area contributed by atoms with Gasteiger partial charge in [-0.05, 0) is 31.7 Å². The van der Waals surface area contributed by atoms with E-state index in [4.69, 9.17) is 16.2 Å². The molecule has 0 radical (unpaired) electrons. The summed E-state index contributed by atoms with van der Waals surface area (Å²) < 4.78 is 33.5. The molecular weight excluding hydrogens is 412 g/mol. The van der Waals surface area contributed by atoms with Crippen molar-refractivity contribution in [3.63, 3.8) is 0 Å². The average Bonchev–Trinajstić information content (AvgIpc) is 3.44.